The minimum absolute atomic E-state index is 0.122. The maximum Gasteiger partial charge on any atom is 0.159 e. The second-order valence-electron chi connectivity index (χ2n) is 12.8. The van der Waals surface area contributed by atoms with Crippen LogP contribution in [-0.2, 0) is 0 Å². The van der Waals surface area contributed by atoms with Gasteiger partial charge in [0.1, 0.15) is 6.29 Å². The first kappa shape index (κ1) is 40.9. The molecular formula is C50H36I3NO2. The van der Waals surface area contributed by atoms with Crippen LogP contribution >= 0.6 is 67.8 Å². The molecule has 0 N–H and O–H groups in total. The van der Waals surface area contributed by atoms with Crippen molar-refractivity contribution in [3.05, 3.63) is 216 Å². The summed E-state index contributed by atoms with van der Waals surface area (Å²) in [5.41, 5.74) is 12.8. The molecule has 0 unspecified atom stereocenters. The average Bonchev–Trinajstić information content (AvgIpc) is 3.25. The molecule has 1 aromatic heterocycles. The van der Waals surface area contributed by atoms with Gasteiger partial charge in [0, 0.05) is 33.0 Å². The quantitative estimate of drug-likeness (QED) is 0.0908. The van der Waals surface area contributed by atoms with Gasteiger partial charge in [0.2, 0.25) is 0 Å². The lowest BCUT2D eigenvalue weighted by atomic mass is 9.97. The lowest BCUT2D eigenvalue weighted by Gasteiger charge is -2.11. The molecule has 0 aliphatic heterocycles. The van der Waals surface area contributed by atoms with E-state index in [0.717, 1.165) is 43.5 Å². The lowest BCUT2D eigenvalue weighted by Crippen LogP contribution is -1.91. The summed E-state index contributed by atoms with van der Waals surface area (Å²) in [6.45, 7) is 1.57. The largest absolute Gasteiger partial charge is 0.298 e. The zero-order valence-corrected chi connectivity index (χ0v) is 36.9. The number of benzene rings is 7. The molecule has 0 spiro atoms. The molecule has 0 amide bonds. The van der Waals surface area contributed by atoms with Gasteiger partial charge in [-0.05, 0) is 157 Å². The molecule has 274 valence electrons. The molecule has 56 heavy (non-hydrogen) atoms. The van der Waals surface area contributed by atoms with Crippen LogP contribution in [0.2, 0.25) is 0 Å². The van der Waals surface area contributed by atoms with Crippen LogP contribution in [0, 0.1) is 10.7 Å². The lowest BCUT2D eigenvalue weighted by molar-refractivity contribution is 0.101. The summed E-state index contributed by atoms with van der Waals surface area (Å²) < 4.78 is 3.59. The van der Waals surface area contributed by atoms with Crippen LogP contribution in [0.25, 0.3) is 55.9 Å². The van der Waals surface area contributed by atoms with Crippen molar-refractivity contribution in [3.63, 3.8) is 0 Å². The first-order valence-electron chi connectivity index (χ1n) is 17.8. The van der Waals surface area contributed by atoms with E-state index < -0.39 is 0 Å². The minimum atomic E-state index is 0.122. The van der Waals surface area contributed by atoms with Gasteiger partial charge in [-0.1, -0.05) is 146 Å². The van der Waals surface area contributed by atoms with E-state index in [2.05, 4.69) is 189 Å². The first-order valence-corrected chi connectivity index (χ1v) is 21.1. The van der Waals surface area contributed by atoms with Crippen LogP contribution in [0.5, 0.6) is 0 Å². The molecule has 0 bridgehead atoms. The number of pyridine rings is 1. The number of hydrogen-bond donors (Lipinski definition) is 0. The summed E-state index contributed by atoms with van der Waals surface area (Å²) in [5, 5.41) is 0. The van der Waals surface area contributed by atoms with Crippen molar-refractivity contribution in [2.45, 2.75) is 6.92 Å². The molecule has 0 radical (unpaired) electrons. The van der Waals surface area contributed by atoms with Crippen molar-refractivity contribution >= 4 is 79.8 Å². The predicted molar refractivity (Wildman–Crippen MR) is 258 cm³/mol. The number of carbonyl (C=O) groups excluding carboxylic acids is 2. The van der Waals surface area contributed by atoms with Crippen LogP contribution in [0.4, 0.5) is 0 Å². The highest BCUT2D eigenvalue weighted by atomic mass is 127. The number of rotatable bonds is 7. The van der Waals surface area contributed by atoms with E-state index in [1.54, 1.807) is 6.92 Å². The zero-order chi connectivity index (χ0) is 39.3. The second-order valence-corrected chi connectivity index (χ2v) is 16.5. The highest BCUT2D eigenvalue weighted by molar-refractivity contribution is 14.1. The third-order valence-corrected chi connectivity index (χ3v) is 11.0. The number of hydrogen-bond acceptors (Lipinski definition) is 3. The number of aromatic nitrogens is 1. The van der Waals surface area contributed by atoms with Gasteiger partial charge in [-0.25, -0.2) is 4.98 Å². The minimum Gasteiger partial charge on any atom is -0.298 e. The van der Waals surface area contributed by atoms with E-state index in [1.807, 2.05) is 72.8 Å². The van der Waals surface area contributed by atoms with Crippen molar-refractivity contribution in [2.24, 2.45) is 0 Å². The summed E-state index contributed by atoms with van der Waals surface area (Å²) in [6.07, 6.45) is 0.856. The Hall–Kier alpha value is -4.78. The van der Waals surface area contributed by atoms with Gasteiger partial charge in [0.25, 0.3) is 0 Å². The van der Waals surface area contributed by atoms with Crippen LogP contribution in [-0.4, -0.2) is 17.1 Å². The molecule has 0 atom stereocenters. The average molecular weight is 1060 g/mol. The van der Waals surface area contributed by atoms with E-state index in [1.165, 1.54) is 35.0 Å². The number of ketones is 1. The van der Waals surface area contributed by atoms with Crippen LogP contribution < -0.4 is 0 Å². The molecule has 1 heterocycles. The van der Waals surface area contributed by atoms with E-state index >= 15 is 0 Å². The summed E-state index contributed by atoms with van der Waals surface area (Å²) in [5.74, 6) is 0.122. The molecule has 0 aliphatic rings. The molecule has 8 aromatic rings. The van der Waals surface area contributed by atoms with Crippen LogP contribution in [0.1, 0.15) is 27.6 Å². The van der Waals surface area contributed by atoms with E-state index in [-0.39, 0.29) is 5.78 Å². The number of aldehydes is 1. The fraction of sp³-hybridized carbons (Fsp3) is 0.0200. The molecule has 3 nitrogen and oxygen atoms in total. The topological polar surface area (TPSA) is 47.0 Å². The fourth-order valence-corrected chi connectivity index (χ4v) is 6.87. The summed E-state index contributed by atoms with van der Waals surface area (Å²) in [4.78, 5) is 26.2. The van der Waals surface area contributed by atoms with E-state index in [4.69, 9.17) is 4.98 Å². The standard InChI is InChI=1S/C29H19I2N.C13H10O.C8H7IO/c30-26-14-10-23(11-15-26)28-18-25(19-29(32-28)24-12-16-27(31)17-13-24)22-8-6-21(7-9-22)20-4-2-1-3-5-20;14-10-11-6-8-13(9-7-11)12-4-2-1-3-5-12;1-6(10)7-2-4-8(9)5-3-7/h1-19H;1-10H;2-5H,1H3. The Bertz CT molecular complexity index is 2420. The number of nitrogens with zero attached hydrogens (tertiary/aromatic N) is 1. The summed E-state index contributed by atoms with van der Waals surface area (Å²) >= 11 is 6.88. The first-order chi connectivity index (χ1) is 27.2. The van der Waals surface area contributed by atoms with Gasteiger partial charge in [0.05, 0.1) is 11.4 Å². The Morgan fingerprint density at radius 1 is 0.411 bits per heavy atom. The number of halogens is 3. The molecular weight excluding hydrogens is 1030 g/mol. The van der Waals surface area contributed by atoms with Gasteiger partial charge in [-0.15, -0.1) is 0 Å². The monoisotopic (exact) mass is 1060 g/mol. The highest BCUT2D eigenvalue weighted by Crippen LogP contribution is 2.32. The number of Topliss-reactive ketones (excluding diaryl/α,β-unsaturated/α-hetero) is 1. The number of carbonyl (C=O) groups is 2. The SMILES string of the molecule is CC(=O)c1ccc(I)cc1.Ic1ccc(-c2cc(-c3ccc(-c4ccccc4)cc3)cc(-c3ccc(I)cc3)n2)cc1.O=Cc1ccc(-c2ccccc2)cc1. The Labute approximate surface area is 369 Å². The smallest absolute Gasteiger partial charge is 0.159 e. The van der Waals surface area contributed by atoms with E-state index in [0.29, 0.717) is 5.56 Å². The van der Waals surface area contributed by atoms with Gasteiger partial charge in [-0.3, -0.25) is 9.59 Å². The summed E-state index contributed by atoms with van der Waals surface area (Å²) in [6, 6.07) is 65.9. The molecule has 6 heteroatoms. The molecule has 0 fully saturated rings. The molecule has 0 aliphatic carbocycles. The van der Waals surface area contributed by atoms with Gasteiger partial charge in [-0.2, -0.15) is 0 Å². The van der Waals surface area contributed by atoms with Crippen molar-refractivity contribution in [1.29, 1.82) is 0 Å². The summed E-state index contributed by atoms with van der Waals surface area (Å²) in [7, 11) is 0. The van der Waals surface area contributed by atoms with Gasteiger partial charge < -0.3 is 0 Å². The molecule has 0 saturated heterocycles. The highest BCUT2D eigenvalue weighted by Gasteiger charge is 2.10. The van der Waals surface area contributed by atoms with Crippen LogP contribution in [0.3, 0.4) is 0 Å². The van der Waals surface area contributed by atoms with Gasteiger partial charge >= 0.3 is 0 Å². The van der Waals surface area contributed by atoms with Crippen molar-refractivity contribution in [1.82, 2.24) is 4.98 Å². The maximum absolute atomic E-state index is 10.8. The third kappa shape index (κ3) is 11.6. The van der Waals surface area contributed by atoms with Crippen molar-refractivity contribution in [3.8, 4) is 55.9 Å². The van der Waals surface area contributed by atoms with Crippen molar-refractivity contribution in [2.75, 3.05) is 0 Å². The Morgan fingerprint density at radius 2 is 0.732 bits per heavy atom. The second kappa shape index (κ2) is 20.4. The van der Waals surface area contributed by atoms with Crippen molar-refractivity contribution < 1.29 is 9.59 Å². The Morgan fingerprint density at radius 3 is 1.11 bits per heavy atom. The fourth-order valence-electron chi connectivity index (χ4n) is 5.79. The Kier molecular flexibility index (Phi) is 14.9. The zero-order valence-electron chi connectivity index (χ0n) is 30.5. The molecule has 7 aromatic carbocycles. The normalized spacial score (nSPS) is 10.3. The third-order valence-electron chi connectivity index (χ3n) is 8.84. The molecule has 8 rings (SSSR count). The Balaban J connectivity index is 0.000000181. The predicted octanol–water partition coefficient (Wildman–Crippen LogP) is 14.6. The van der Waals surface area contributed by atoms with E-state index in [9.17, 15) is 9.59 Å². The molecule has 0 saturated carbocycles. The maximum atomic E-state index is 10.8. The van der Waals surface area contributed by atoms with Crippen LogP contribution in [0.15, 0.2) is 194 Å². The van der Waals surface area contributed by atoms with Gasteiger partial charge in [0.15, 0.2) is 5.78 Å².